The number of benzene rings is 1. The predicted octanol–water partition coefficient (Wildman–Crippen LogP) is 1.42. The SMILES string of the molecule is O=c1ccc(-c2ccccc2)nn1CCn1nc2ccccn2c1=O. The topological polar surface area (TPSA) is 74.2 Å². The number of rotatable bonds is 4. The number of pyridine rings is 1. The number of hydrogen-bond acceptors (Lipinski definition) is 4. The molecule has 0 saturated carbocycles. The second kappa shape index (κ2) is 6.20. The lowest BCUT2D eigenvalue weighted by Gasteiger charge is -2.06. The Hall–Kier alpha value is -3.48. The van der Waals surface area contributed by atoms with Gasteiger partial charge in [-0.1, -0.05) is 36.4 Å². The van der Waals surface area contributed by atoms with Gasteiger partial charge in [-0.05, 0) is 18.2 Å². The lowest BCUT2D eigenvalue weighted by Crippen LogP contribution is -2.28. The van der Waals surface area contributed by atoms with Crippen LogP contribution in [-0.4, -0.2) is 24.0 Å². The van der Waals surface area contributed by atoms with E-state index in [4.69, 9.17) is 0 Å². The average molecular weight is 333 g/mol. The van der Waals surface area contributed by atoms with Crippen LogP contribution in [0.4, 0.5) is 0 Å². The van der Waals surface area contributed by atoms with Crippen LogP contribution in [-0.2, 0) is 13.1 Å². The van der Waals surface area contributed by atoms with Gasteiger partial charge < -0.3 is 0 Å². The van der Waals surface area contributed by atoms with E-state index in [1.807, 2.05) is 36.4 Å². The Morgan fingerprint density at radius 2 is 1.52 bits per heavy atom. The van der Waals surface area contributed by atoms with Crippen molar-refractivity contribution in [2.75, 3.05) is 0 Å². The van der Waals surface area contributed by atoms with Crippen LogP contribution >= 0.6 is 0 Å². The molecule has 0 radical (unpaired) electrons. The van der Waals surface area contributed by atoms with E-state index in [1.165, 1.54) is 19.8 Å². The summed E-state index contributed by atoms with van der Waals surface area (Å²) in [6.45, 7) is 0.537. The molecule has 4 rings (SSSR count). The molecule has 0 spiro atoms. The molecule has 0 aliphatic heterocycles. The van der Waals surface area contributed by atoms with Gasteiger partial charge in [-0.15, -0.1) is 5.10 Å². The van der Waals surface area contributed by atoms with Crippen molar-refractivity contribution >= 4 is 5.65 Å². The van der Waals surface area contributed by atoms with Gasteiger partial charge in [-0.2, -0.15) is 5.10 Å². The molecule has 3 heterocycles. The Kier molecular flexibility index (Phi) is 3.74. The largest absolute Gasteiger partial charge is 0.350 e. The van der Waals surface area contributed by atoms with E-state index in [0.29, 0.717) is 11.3 Å². The van der Waals surface area contributed by atoms with Crippen molar-refractivity contribution in [1.82, 2.24) is 24.0 Å². The van der Waals surface area contributed by atoms with Crippen molar-refractivity contribution in [2.24, 2.45) is 0 Å². The van der Waals surface area contributed by atoms with E-state index in [0.717, 1.165) is 5.56 Å². The van der Waals surface area contributed by atoms with Gasteiger partial charge in [0.1, 0.15) is 0 Å². The maximum atomic E-state index is 12.3. The highest BCUT2D eigenvalue weighted by Crippen LogP contribution is 2.13. The van der Waals surface area contributed by atoms with Crippen molar-refractivity contribution < 1.29 is 0 Å². The molecule has 0 atom stereocenters. The highest BCUT2D eigenvalue weighted by molar-refractivity contribution is 5.57. The number of hydrogen-bond donors (Lipinski definition) is 0. The van der Waals surface area contributed by atoms with Crippen molar-refractivity contribution in [1.29, 1.82) is 0 Å². The van der Waals surface area contributed by atoms with E-state index in [1.54, 1.807) is 24.4 Å². The summed E-state index contributed by atoms with van der Waals surface area (Å²) in [7, 11) is 0. The Morgan fingerprint density at radius 3 is 2.32 bits per heavy atom. The zero-order chi connectivity index (χ0) is 17.2. The van der Waals surface area contributed by atoms with Gasteiger partial charge in [0, 0.05) is 17.8 Å². The molecule has 0 aliphatic rings. The highest BCUT2D eigenvalue weighted by Gasteiger charge is 2.08. The Bertz CT molecular complexity index is 1140. The number of fused-ring (bicyclic) bond motifs is 1. The fraction of sp³-hybridized carbons (Fsp3) is 0.111. The van der Waals surface area contributed by atoms with Crippen molar-refractivity contribution in [3.05, 3.63) is 87.7 Å². The molecule has 4 aromatic rings. The van der Waals surface area contributed by atoms with Gasteiger partial charge in [0.05, 0.1) is 18.8 Å². The van der Waals surface area contributed by atoms with Gasteiger partial charge in [0.2, 0.25) is 0 Å². The molecular weight excluding hydrogens is 318 g/mol. The summed E-state index contributed by atoms with van der Waals surface area (Å²) in [5.74, 6) is 0. The summed E-state index contributed by atoms with van der Waals surface area (Å²) in [6.07, 6.45) is 1.67. The number of aryl methyl sites for hydroxylation is 2. The van der Waals surface area contributed by atoms with Crippen molar-refractivity contribution in [2.45, 2.75) is 13.1 Å². The Balaban J connectivity index is 1.63. The van der Waals surface area contributed by atoms with E-state index < -0.39 is 0 Å². The van der Waals surface area contributed by atoms with Gasteiger partial charge >= 0.3 is 5.69 Å². The summed E-state index contributed by atoms with van der Waals surface area (Å²) in [4.78, 5) is 24.3. The molecule has 124 valence electrons. The zero-order valence-electron chi connectivity index (χ0n) is 13.3. The van der Waals surface area contributed by atoms with Crippen LogP contribution in [0.5, 0.6) is 0 Å². The first-order chi connectivity index (χ1) is 12.2. The molecule has 0 N–H and O–H groups in total. The van der Waals surface area contributed by atoms with Crippen LogP contribution < -0.4 is 11.2 Å². The van der Waals surface area contributed by atoms with Crippen LogP contribution in [0, 0.1) is 0 Å². The molecule has 0 unspecified atom stereocenters. The summed E-state index contributed by atoms with van der Waals surface area (Å²) in [5.41, 5.74) is 1.77. The van der Waals surface area contributed by atoms with Crippen LogP contribution in [0.3, 0.4) is 0 Å². The molecular formula is C18H15N5O2. The maximum Gasteiger partial charge on any atom is 0.350 e. The average Bonchev–Trinajstić information content (AvgIpc) is 2.98. The summed E-state index contributed by atoms with van der Waals surface area (Å²) >= 11 is 0. The number of aromatic nitrogens is 5. The Morgan fingerprint density at radius 1 is 0.760 bits per heavy atom. The van der Waals surface area contributed by atoms with Crippen LogP contribution in [0.2, 0.25) is 0 Å². The summed E-state index contributed by atoms with van der Waals surface area (Å²) in [5, 5.41) is 8.66. The quantitative estimate of drug-likeness (QED) is 0.566. The first-order valence-electron chi connectivity index (χ1n) is 7.90. The third kappa shape index (κ3) is 2.87. The highest BCUT2D eigenvalue weighted by atomic mass is 16.2. The molecule has 7 heteroatoms. The minimum absolute atomic E-state index is 0.212. The standard InChI is InChI=1S/C18H15N5O2/c24-17-10-9-15(14-6-2-1-3-7-14)19-22(17)12-13-23-18(25)21-11-5-4-8-16(21)20-23/h1-11H,12-13H2. The molecule has 3 aromatic heterocycles. The van der Waals surface area contributed by atoms with Crippen LogP contribution in [0.15, 0.2) is 76.4 Å². The maximum absolute atomic E-state index is 12.3. The first-order valence-corrected chi connectivity index (χ1v) is 7.90. The second-order valence-corrected chi connectivity index (χ2v) is 5.58. The van der Waals surface area contributed by atoms with E-state index >= 15 is 0 Å². The smallest absolute Gasteiger partial charge is 0.268 e. The van der Waals surface area contributed by atoms with Crippen LogP contribution in [0.1, 0.15) is 0 Å². The van der Waals surface area contributed by atoms with Gasteiger partial charge in [0.15, 0.2) is 5.65 Å². The molecule has 0 bridgehead atoms. The van der Waals surface area contributed by atoms with Gasteiger partial charge in [0.25, 0.3) is 5.56 Å². The molecule has 0 fully saturated rings. The van der Waals surface area contributed by atoms with Crippen molar-refractivity contribution in [3.8, 4) is 11.3 Å². The minimum Gasteiger partial charge on any atom is -0.268 e. The Labute approximate surface area is 142 Å². The van der Waals surface area contributed by atoms with E-state index in [-0.39, 0.29) is 24.3 Å². The lowest BCUT2D eigenvalue weighted by atomic mass is 10.1. The zero-order valence-corrected chi connectivity index (χ0v) is 13.3. The molecule has 1 aromatic carbocycles. The number of nitrogens with zero attached hydrogens (tertiary/aromatic N) is 5. The second-order valence-electron chi connectivity index (χ2n) is 5.58. The third-order valence-corrected chi connectivity index (χ3v) is 3.95. The summed E-state index contributed by atoms with van der Waals surface area (Å²) in [6, 6.07) is 18.2. The van der Waals surface area contributed by atoms with Crippen molar-refractivity contribution in [3.63, 3.8) is 0 Å². The third-order valence-electron chi connectivity index (χ3n) is 3.95. The minimum atomic E-state index is -0.233. The molecule has 0 amide bonds. The van der Waals surface area contributed by atoms with E-state index in [9.17, 15) is 9.59 Å². The normalized spacial score (nSPS) is 11.0. The van der Waals surface area contributed by atoms with Gasteiger partial charge in [-0.3, -0.25) is 9.20 Å². The predicted molar refractivity (Wildman–Crippen MR) is 93.4 cm³/mol. The van der Waals surface area contributed by atoms with Crippen LogP contribution in [0.25, 0.3) is 16.9 Å². The fourth-order valence-corrected chi connectivity index (χ4v) is 2.68. The van der Waals surface area contributed by atoms with E-state index in [2.05, 4.69) is 10.2 Å². The lowest BCUT2D eigenvalue weighted by molar-refractivity contribution is 0.474. The summed E-state index contributed by atoms with van der Waals surface area (Å²) < 4.78 is 4.17. The molecule has 25 heavy (non-hydrogen) atoms. The first kappa shape index (κ1) is 15.1. The molecule has 0 saturated heterocycles. The monoisotopic (exact) mass is 333 g/mol. The van der Waals surface area contributed by atoms with Gasteiger partial charge in [-0.25, -0.2) is 14.2 Å². The fourth-order valence-electron chi connectivity index (χ4n) is 2.68. The molecule has 7 nitrogen and oxygen atoms in total. The molecule has 0 aliphatic carbocycles.